The lowest BCUT2D eigenvalue weighted by atomic mass is 9.90. The molecule has 1 aliphatic carbocycles. The normalized spacial score (nSPS) is 36.7. The molecule has 0 spiro atoms. The molecule has 1 amide bonds. The molecule has 2 aliphatic rings. The third-order valence-electron chi connectivity index (χ3n) is 3.13. The molecule has 0 aromatic rings. The van der Waals surface area contributed by atoms with E-state index in [1.54, 1.807) is 0 Å². The van der Waals surface area contributed by atoms with E-state index in [0.717, 1.165) is 25.8 Å². The Balaban J connectivity index is 0.000000980. The van der Waals surface area contributed by atoms with E-state index in [0.29, 0.717) is 5.92 Å². The average Bonchev–Trinajstić information content (AvgIpc) is 2.44. The van der Waals surface area contributed by atoms with Crippen LogP contribution in [0.25, 0.3) is 0 Å². The highest BCUT2D eigenvalue weighted by atomic mass is 35.5. The summed E-state index contributed by atoms with van der Waals surface area (Å²) in [6.45, 7) is 0.869. The number of amides is 1. The van der Waals surface area contributed by atoms with Gasteiger partial charge in [0, 0.05) is 12.5 Å². The van der Waals surface area contributed by atoms with Crippen molar-refractivity contribution in [2.24, 2.45) is 17.6 Å². The maximum atomic E-state index is 11.2. The third kappa shape index (κ3) is 2.19. The van der Waals surface area contributed by atoms with Crippen molar-refractivity contribution in [3.63, 3.8) is 0 Å². The first-order chi connectivity index (χ1) is 6.29. The first-order valence-corrected chi connectivity index (χ1v) is 4.97. The first-order valence-electron chi connectivity index (χ1n) is 4.97. The molecule has 82 valence electrons. The Kier molecular flexibility index (Phi) is 4.16. The van der Waals surface area contributed by atoms with Crippen molar-refractivity contribution in [3.8, 4) is 0 Å². The molecule has 0 radical (unpaired) electrons. The molecule has 2 rings (SSSR count). The first kappa shape index (κ1) is 11.8. The number of fused-ring (bicyclic) bond motifs is 1. The van der Waals surface area contributed by atoms with E-state index < -0.39 is 0 Å². The van der Waals surface area contributed by atoms with Crippen molar-refractivity contribution < 1.29 is 9.63 Å². The third-order valence-corrected chi connectivity index (χ3v) is 3.13. The van der Waals surface area contributed by atoms with E-state index in [-0.39, 0.29) is 30.3 Å². The van der Waals surface area contributed by atoms with Gasteiger partial charge in [-0.05, 0) is 12.8 Å². The van der Waals surface area contributed by atoms with Gasteiger partial charge in [-0.1, -0.05) is 12.8 Å². The summed E-state index contributed by atoms with van der Waals surface area (Å²) in [6.07, 6.45) is 4.36. The Bertz CT molecular complexity index is 213. The maximum absolute atomic E-state index is 11.2. The van der Waals surface area contributed by atoms with Gasteiger partial charge >= 0.3 is 0 Å². The van der Waals surface area contributed by atoms with E-state index in [4.69, 9.17) is 10.6 Å². The van der Waals surface area contributed by atoms with Crippen LogP contribution in [0.1, 0.15) is 25.7 Å². The molecule has 4 nitrogen and oxygen atoms in total. The van der Waals surface area contributed by atoms with Gasteiger partial charge in [0.05, 0.1) is 12.0 Å². The number of hydrogen-bond donors (Lipinski definition) is 2. The number of carbonyl (C=O) groups excluding carboxylic acids is 1. The van der Waals surface area contributed by atoms with Crippen molar-refractivity contribution >= 4 is 18.3 Å². The molecule has 3 unspecified atom stereocenters. The summed E-state index contributed by atoms with van der Waals surface area (Å²) in [6, 6.07) is 0. The SMILES string of the molecule is Cl.NC(=O)C1CCCCC2CNOC21. The van der Waals surface area contributed by atoms with Gasteiger partial charge in [-0.15, -0.1) is 12.4 Å². The number of halogens is 1. The fraction of sp³-hybridized carbons (Fsp3) is 0.889. The standard InChI is InChI=1S/C9H16N2O2.ClH/c10-9(12)7-4-2-1-3-6-5-11-13-8(6)7;/h6-8,11H,1-5H2,(H2,10,12);1H. The molecule has 1 heterocycles. The lowest BCUT2D eigenvalue weighted by Crippen LogP contribution is -2.36. The van der Waals surface area contributed by atoms with Crippen molar-refractivity contribution in [3.05, 3.63) is 0 Å². The van der Waals surface area contributed by atoms with Crippen LogP contribution >= 0.6 is 12.4 Å². The number of carbonyl (C=O) groups is 1. The minimum Gasteiger partial charge on any atom is -0.369 e. The van der Waals surface area contributed by atoms with Gasteiger partial charge < -0.3 is 5.73 Å². The van der Waals surface area contributed by atoms with Crippen molar-refractivity contribution in [1.82, 2.24) is 5.48 Å². The fourth-order valence-corrected chi connectivity index (χ4v) is 2.38. The summed E-state index contributed by atoms with van der Waals surface area (Å²) in [7, 11) is 0. The van der Waals surface area contributed by atoms with E-state index in [2.05, 4.69) is 5.48 Å². The number of primary amides is 1. The molecule has 0 aromatic heterocycles. The molecule has 0 aromatic carbocycles. The molecule has 2 fully saturated rings. The Morgan fingerprint density at radius 3 is 2.79 bits per heavy atom. The molecule has 5 heteroatoms. The van der Waals surface area contributed by atoms with Gasteiger partial charge in [0.15, 0.2) is 0 Å². The number of hydroxylamine groups is 1. The Labute approximate surface area is 89.9 Å². The molecule has 3 atom stereocenters. The number of nitrogens with two attached hydrogens (primary N) is 1. The minimum absolute atomic E-state index is 0. The highest BCUT2D eigenvalue weighted by molar-refractivity contribution is 5.85. The highest BCUT2D eigenvalue weighted by Crippen LogP contribution is 2.32. The second kappa shape index (κ2) is 4.96. The van der Waals surface area contributed by atoms with Gasteiger partial charge in [0.1, 0.15) is 0 Å². The summed E-state index contributed by atoms with van der Waals surface area (Å²) >= 11 is 0. The van der Waals surface area contributed by atoms with E-state index >= 15 is 0 Å². The van der Waals surface area contributed by atoms with Crippen LogP contribution in [0.5, 0.6) is 0 Å². The Morgan fingerprint density at radius 1 is 1.36 bits per heavy atom. The molecule has 3 N–H and O–H groups in total. The molecule has 1 saturated carbocycles. The van der Waals surface area contributed by atoms with Gasteiger partial charge in [-0.2, -0.15) is 0 Å². The van der Waals surface area contributed by atoms with Crippen LogP contribution in [0, 0.1) is 11.8 Å². The predicted molar refractivity (Wildman–Crippen MR) is 54.8 cm³/mol. The summed E-state index contributed by atoms with van der Waals surface area (Å²) in [5.74, 6) is 0.197. The molecule has 1 aliphatic heterocycles. The number of rotatable bonds is 1. The van der Waals surface area contributed by atoms with Crippen LogP contribution in [0.15, 0.2) is 0 Å². The van der Waals surface area contributed by atoms with Crippen LogP contribution in [0.4, 0.5) is 0 Å². The molecular formula is C9H17ClN2O2. The number of hydrogen-bond acceptors (Lipinski definition) is 3. The van der Waals surface area contributed by atoms with Gasteiger partial charge in [-0.25, -0.2) is 5.48 Å². The highest BCUT2D eigenvalue weighted by Gasteiger charge is 2.39. The lowest BCUT2D eigenvalue weighted by Gasteiger charge is -2.20. The second-order valence-electron chi connectivity index (χ2n) is 3.98. The topological polar surface area (TPSA) is 64.4 Å². The van der Waals surface area contributed by atoms with Crippen molar-refractivity contribution in [2.75, 3.05) is 6.54 Å². The van der Waals surface area contributed by atoms with Gasteiger partial charge in [0.25, 0.3) is 0 Å². The maximum Gasteiger partial charge on any atom is 0.223 e. The van der Waals surface area contributed by atoms with Crippen LogP contribution in [0.2, 0.25) is 0 Å². The van der Waals surface area contributed by atoms with E-state index in [9.17, 15) is 4.79 Å². The molecular weight excluding hydrogens is 204 g/mol. The number of nitrogens with one attached hydrogen (secondary N) is 1. The summed E-state index contributed by atoms with van der Waals surface area (Å²) < 4.78 is 0. The zero-order chi connectivity index (χ0) is 9.26. The Hall–Kier alpha value is -0.320. The second-order valence-corrected chi connectivity index (χ2v) is 3.98. The zero-order valence-electron chi connectivity index (χ0n) is 8.07. The monoisotopic (exact) mass is 220 g/mol. The average molecular weight is 221 g/mol. The molecule has 14 heavy (non-hydrogen) atoms. The van der Waals surface area contributed by atoms with Crippen LogP contribution < -0.4 is 11.2 Å². The quantitative estimate of drug-likeness (QED) is 0.681. The summed E-state index contributed by atoms with van der Waals surface area (Å²) in [5, 5.41) is 0. The van der Waals surface area contributed by atoms with Gasteiger partial charge in [0.2, 0.25) is 5.91 Å². The molecule has 1 saturated heterocycles. The van der Waals surface area contributed by atoms with Crippen LogP contribution in [0.3, 0.4) is 0 Å². The summed E-state index contributed by atoms with van der Waals surface area (Å²) in [4.78, 5) is 16.5. The summed E-state index contributed by atoms with van der Waals surface area (Å²) in [5.41, 5.74) is 8.22. The zero-order valence-corrected chi connectivity index (χ0v) is 8.89. The smallest absolute Gasteiger partial charge is 0.223 e. The lowest BCUT2D eigenvalue weighted by molar-refractivity contribution is -0.128. The minimum atomic E-state index is -0.208. The van der Waals surface area contributed by atoms with Gasteiger partial charge in [-0.3, -0.25) is 9.63 Å². The van der Waals surface area contributed by atoms with Crippen LogP contribution in [-0.2, 0) is 9.63 Å². The van der Waals surface area contributed by atoms with E-state index in [1.807, 2.05) is 0 Å². The van der Waals surface area contributed by atoms with Crippen LogP contribution in [-0.4, -0.2) is 18.6 Å². The largest absolute Gasteiger partial charge is 0.369 e. The predicted octanol–water partition coefficient (Wildman–Crippen LogP) is 0.603. The van der Waals surface area contributed by atoms with E-state index in [1.165, 1.54) is 6.42 Å². The molecule has 0 bridgehead atoms. The Morgan fingerprint density at radius 2 is 2.07 bits per heavy atom. The van der Waals surface area contributed by atoms with Crippen molar-refractivity contribution in [2.45, 2.75) is 31.8 Å². The fourth-order valence-electron chi connectivity index (χ4n) is 2.38. The van der Waals surface area contributed by atoms with Crippen molar-refractivity contribution in [1.29, 1.82) is 0 Å².